The van der Waals surface area contributed by atoms with Crippen molar-refractivity contribution in [3.05, 3.63) is 59.2 Å². The third kappa shape index (κ3) is 3.76. The molecule has 0 saturated carbocycles. The fourth-order valence-electron chi connectivity index (χ4n) is 3.33. The maximum atomic E-state index is 12.1. The summed E-state index contributed by atoms with van der Waals surface area (Å²) in [5, 5.41) is 6.79. The lowest BCUT2D eigenvalue weighted by molar-refractivity contribution is 0.590. The number of nitrogens with one attached hydrogen (secondary N) is 1. The Morgan fingerprint density at radius 1 is 1.32 bits per heavy atom. The van der Waals surface area contributed by atoms with Gasteiger partial charge in [-0.05, 0) is 43.2 Å². The van der Waals surface area contributed by atoms with Gasteiger partial charge in [0, 0.05) is 23.2 Å². The topological polar surface area (TPSA) is 87.6 Å². The Kier molecular flexibility index (Phi) is 4.86. The van der Waals surface area contributed by atoms with E-state index in [1.54, 1.807) is 12.4 Å². The molecule has 7 nitrogen and oxygen atoms in total. The molecule has 1 N–H and O–H groups in total. The second-order valence-electron chi connectivity index (χ2n) is 6.62. The number of hydrogen-bond donors (Lipinski definition) is 1. The Morgan fingerprint density at radius 2 is 2.18 bits per heavy atom. The van der Waals surface area contributed by atoms with Crippen LogP contribution in [0.4, 0.5) is 10.8 Å². The normalized spacial score (nSPS) is 16.5. The third-order valence-corrected chi connectivity index (χ3v) is 6.45. The SMILES string of the molecule is CC1Cc2cc(-c3csc(N/N=C/c4ccccn4)n3)ccc2N1S(C)(=O)=O. The molecule has 0 radical (unpaired) electrons. The molecule has 9 heteroatoms. The van der Waals surface area contributed by atoms with E-state index < -0.39 is 10.0 Å². The molecule has 144 valence electrons. The summed E-state index contributed by atoms with van der Waals surface area (Å²) < 4.78 is 25.6. The summed E-state index contributed by atoms with van der Waals surface area (Å²) in [6.07, 6.45) is 5.29. The van der Waals surface area contributed by atoms with Crippen molar-refractivity contribution in [3.63, 3.8) is 0 Å². The Morgan fingerprint density at radius 3 is 2.93 bits per heavy atom. The predicted octanol–water partition coefficient (Wildman–Crippen LogP) is 3.36. The predicted molar refractivity (Wildman–Crippen MR) is 113 cm³/mol. The van der Waals surface area contributed by atoms with Crippen LogP contribution in [0.5, 0.6) is 0 Å². The Labute approximate surface area is 167 Å². The number of sulfonamides is 1. The molecule has 1 aliphatic heterocycles. The number of hydrogen-bond acceptors (Lipinski definition) is 7. The molecule has 0 spiro atoms. The minimum absolute atomic E-state index is 0.0751. The molecule has 1 unspecified atom stereocenters. The van der Waals surface area contributed by atoms with Crippen LogP contribution in [0.3, 0.4) is 0 Å². The molecule has 0 amide bonds. The zero-order chi connectivity index (χ0) is 19.7. The van der Waals surface area contributed by atoms with Gasteiger partial charge in [-0.25, -0.2) is 13.4 Å². The minimum atomic E-state index is -3.28. The molecule has 3 aromatic rings. The molecular weight excluding hydrogens is 394 g/mol. The van der Waals surface area contributed by atoms with Gasteiger partial charge in [0.2, 0.25) is 15.2 Å². The standard InChI is InChI=1S/C19H19N5O2S2/c1-13-9-15-10-14(6-7-18(15)24(13)28(2,25)26)17-12-27-19(22-17)23-21-11-16-5-3-4-8-20-16/h3-8,10-13H,9H2,1-2H3,(H,22,23)/b21-11+. The van der Waals surface area contributed by atoms with Gasteiger partial charge in [-0.1, -0.05) is 12.1 Å². The van der Waals surface area contributed by atoms with E-state index in [2.05, 4.69) is 20.5 Å². The van der Waals surface area contributed by atoms with E-state index >= 15 is 0 Å². The lowest BCUT2D eigenvalue weighted by Gasteiger charge is -2.21. The van der Waals surface area contributed by atoms with Gasteiger partial charge in [-0.2, -0.15) is 5.10 Å². The zero-order valence-corrected chi connectivity index (χ0v) is 17.0. The second kappa shape index (κ2) is 7.33. The lowest BCUT2D eigenvalue weighted by atomic mass is 10.1. The van der Waals surface area contributed by atoms with Gasteiger partial charge in [0.15, 0.2) is 0 Å². The molecule has 2 aromatic heterocycles. The van der Waals surface area contributed by atoms with E-state index in [4.69, 9.17) is 0 Å². The van der Waals surface area contributed by atoms with Gasteiger partial charge in [-0.15, -0.1) is 11.3 Å². The highest BCUT2D eigenvalue weighted by atomic mass is 32.2. The first-order chi connectivity index (χ1) is 13.4. The summed E-state index contributed by atoms with van der Waals surface area (Å²) in [5.41, 5.74) is 7.24. The van der Waals surface area contributed by atoms with Crippen molar-refractivity contribution in [3.8, 4) is 11.3 Å². The summed E-state index contributed by atoms with van der Waals surface area (Å²) in [4.78, 5) is 8.74. The van der Waals surface area contributed by atoms with Gasteiger partial charge in [0.05, 0.1) is 29.5 Å². The quantitative estimate of drug-likeness (QED) is 0.512. The molecule has 0 saturated heterocycles. The molecule has 1 aromatic carbocycles. The number of rotatable bonds is 5. The zero-order valence-electron chi connectivity index (χ0n) is 15.4. The van der Waals surface area contributed by atoms with Crippen molar-refractivity contribution in [1.29, 1.82) is 0 Å². The summed E-state index contributed by atoms with van der Waals surface area (Å²) in [5.74, 6) is 0. The average molecular weight is 414 g/mol. The summed E-state index contributed by atoms with van der Waals surface area (Å²) in [6, 6.07) is 11.3. The number of thiazole rings is 1. The van der Waals surface area contributed by atoms with Crippen molar-refractivity contribution in [2.45, 2.75) is 19.4 Å². The first-order valence-corrected chi connectivity index (χ1v) is 11.4. The van der Waals surface area contributed by atoms with Crippen molar-refractivity contribution < 1.29 is 8.42 Å². The van der Waals surface area contributed by atoms with E-state index in [0.717, 1.165) is 28.2 Å². The average Bonchev–Trinajstić information content (AvgIpc) is 3.25. The van der Waals surface area contributed by atoms with Gasteiger partial charge in [-0.3, -0.25) is 14.7 Å². The van der Waals surface area contributed by atoms with E-state index in [-0.39, 0.29) is 6.04 Å². The van der Waals surface area contributed by atoms with E-state index in [1.165, 1.54) is 21.9 Å². The monoisotopic (exact) mass is 413 g/mol. The van der Waals surface area contributed by atoms with Crippen LogP contribution in [0.1, 0.15) is 18.2 Å². The first kappa shape index (κ1) is 18.6. The molecular formula is C19H19N5O2S2. The maximum absolute atomic E-state index is 12.1. The highest BCUT2D eigenvalue weighted by Crippen LogP contribution is 2.37. The fourth-order valence-corrected chi connectivity index (χ4v) is 5.26. The number of pyridine rings is 1. The smallest absolute Gasteiger partial charge is 0.232 e. The number of hydrazone groups is 1. The van der Waals surface area contributed by atoms with Crippen LogP contribution in [0.25, 0.3) is 11.3 Å². The molecule has 0 bridgehead atoms. The summed E-state index contributed by atoms with van der Waals surface area (Å²) in [6.45, 7) is 1.92. The minimum Gasteiger partial charge on any atom is -0.267 e. The number of nitrogens with zero attached hydrogens (tertiary/aromatic N) is 4. The van der Waals surface area contributed by atoms with Crippen LogP contribution in [-0.4, -0.2) is 36.9 Å². The molecule has 4 rings (SSSR count). The van der Waals surface area contributed by atoms with Crippen LogP contribution < -0.4 is 9.73 Å². The highest BCUT2D eigenvalue weighted by molar-refractivity contribution is 7.92. The van der Waals surface area contributed by atoms with Crippen LogP contribution in [-0.2, 0) is 16.4 Å². The Hall–Kier alpha value is -2.78. The van der Waals surface area contributed by atoms with Gasteiger partial charge in [0.25, 0.3) is 0 Å². The van der Waals surface area contributed by atoms with Gasteiger partial charge < -0.3 is 0 Å². The molecule has 1 aliphatic rings. The molecule has 1 atom stereocenters. The van der Waals surface area contributed by atoms with Gasteiger partial charge in [0.1, 0.15) is 0 Å². The van der Waals surface area contributed by atoms with Crippen molar-refractivity contribution in [2.75, 3.05) is 16.0 Å². The van der Waals surface area contributed by atoms with Crippen LogP contribution in [0.2, 0.25) is 0 Å². The van der Waals surface area contributed by atoms with Crippen LogP contribution >= 0.6 is 11.3 Å². The largest absolute Gasteiger partial charge is 0.267 e. The van der Waals surface area contributed by atoms with Crippen molar-refractivity contribution >= 4 is 38.4 Å². The highest BCUT2D eigenvalue weighted by Gasteiger charge is 2.32. The fraction of sp³-hybridized carbons (Fsp3) is 0.211. The van der Waals surface area contributed by atoms with Crippen LogP contribution in [0, 0.1) is 0 Å². The molecule has 0 fully saturated rings. The number of anilines is 2. The van der Waals surface area contributed by atoms with E-state index in [0.29, 0.717) is 11.6 Å². The molecule has 0 aliphatic carbocycles. The second-order valence-corrected chi connectivity index (χ2v) is 9.34. The molecule has 3 heterocycles. The summed E-state index contributed by atoms with van der Waals surface area (Å²) >= 11 is 1.46. The summed E-state index contributed by atoms with van der Waals surface area (Å²) in [7, 11) is -3.28. The van der Waals surface area contributed by atoms with Gasteiger partial charge >= 0.3 is 0 Å². The Bertz CT molecular complexity index is 1130. The van der Waals surface area contributed by atoms with Crippen LogP contribution in [0.15, 0.2) is 53.1 Å². The number of benzene rings is 1. The lowest BCUT2D eigenvalue weighted by Crippen LogP contribution is -2.34. The first-order valence-electron chi connectivity index (χ1n) is 8.70. The van der Waals surface area contributed by atoms with Crippen molar-refractivity contribution in [2.24, 2.45) is 5.10 Å². The third-order valence-electron chi connectivity index (χ3n) is 4.43. The number of aromatic nitrogens is 2. The molecule has 28 heavy (non-hydrogen) atoms. The Balaban J connectivity index is 1.52. The van der Waals surface area contributed by atoms with Crippen molar-refractivity contribution in [1.82, 2.24) is 9.97 Å². The van der Waals surface area contributed by atoms with E-state index in [1.807, 2.05) is 48.7 Å². The maximum Gasteiger partial charge on any atom is 0.232 e. The van der Waals surface area contributed by atoms with E-state index in [9.17, 15) is 8.42 Å². The number of fused-ring (bicyclic) bond motifs is 1.